The Morgan fingerprint density at radius 1 is 1.36 bits per heavy atom. The van der Waals surface area contributed by atoms with E-state index in [2.05, 4.69) is 10.3 Å². The standard InChI is InChI=1S/C18H18ClN3O2S/c19-11-5-6-15-13(9-11)21-18(24)16(25-15)10-17(23)22-8-2-4-14(22)12-3-1-7-20-12/h1,3,5-7,9,14,16,20H,2,4,8,10H2,(H,21,24)/t14-,16+/m0/s1. The number of nitrogens with zero attached hydrogens (tertiary/aromatic N) is 1. The van der Waals surface area contributed by atoms with Gasteiger partial charge in [-0.3, -0.25) is 9.59 Å². The van der Waals surface area contributed by atoms with Crippen molar-refractivity contribution in [2.45, 2.75) is 35.4 Å². The summed E-state index contributed by atoms with van der Waals surface area (Å²) in [5.41, 5.74) is 1.78. The minimum absolute atomic E-state index is 0.0298. The average molecular weight is 376 g/mol. The van der Waals surface area contributed by atoms with Crippen LogP contribution in [0, 0.1) is 0 Å². The average Bonchev–Trinajstić information content (AvgIpc) is 3.26. The lowest BCUT2D eigenvalue weighted by Gasteiger charge is -2.28. The van der Waals surface area contributed by atoms with Gasteiger partial charge in [0.05, 0.1) is 17.0 Å². The van der Waals surface area contributed by atoms with Gasteiger partial charge >= 0.3 is 0 Å². The molecule has 0 spiro atoms. The lowest BCUT2D eigenvalue weighted by molar-refractivity contribution is -0.133. The first-order valence-electron chi connectivity index (χ1n) is 8.31. The lowest BCUT2D eigenvalue weighted by atomic mass is 10.1. The van der Waals surface area contributed by atoms with Crippen LogP contribution in [0.1, 0.15) is 31.0 Å². The second-order valence-electron chi connectivity index (χ2n) is 6.31. The molecular weight excluding hydrogens is 358 g/mol. The van der Waals surface area contributed by atoms with Crippen LogP contribution in [0.25, 0.3) is 0 Å². The Balaban J connectivity index is 1.47. The summed E-state index contributed by atoms with van der Waals surface area (Å²) >= 11 is 7.41. The topological polar surface area (TPSA) is 65.2 Å². The molecule has 2 atom stereocenters. The molecular formula is C18H18ClN3O2S. The van der Waals surface area contributed by atoms with Crippen molar-refractivity contribution in [2.24, 2.45) is 0 Å². The van der Waals surface area contributed by atoms with Gasteiger partial charge in [-0.05, 0) is 43.2 Å². The highest BCUT2D eigenvalue weighted by atomic mass is 35.5. The van der Waals surface area contributed by atoms with Gasteiger partial charge in [0.15, 0.2) is 0 Å². The van der Waals surface area contributed by atoms with Crippen molar-refractivity contribution in [1.82, 2.24) is 9.88 Å². The summed E-state index contributed by atoms with van der Waals surface area (Å²) < 4.78 is 0. The van der Waals surface area contributed by atoms with Gasteiger partial charge in [-0.2, -0.15) is 0 Å². The highest BCUT2D eigenvalue weighted by molar-refractivity contribution is 8.01. The number of anilines is 1. The van der Waals surface area contributed by atoms with Crippen LogP contribution in [-0.2, 0) is 9.59 Å². The molecule has 1 aromatic carbocycles. The number of hydrogen-bond donors (Lipinski definition) is 2. The zero-order valence-corrected chi connectivity index (χ0v) is 15.1. The van der Waals surface area contributed by atoms with Crippen LogP contribution in [0.2, 0.25) is 5.02 Å². The van der Waals surface area contributed by atoms with Gasteiger partial charge in [0, 0.05) is 34.8 Å². The number of thioether (sulfide) groups is 1. The summed E-state index contributed by atoms with van der Waals surface area (Å²) in [6, 6.07) is 9.47. The van der Waals surface area contributed by atoms with Gasteiger partial charge in [-0.25, -0.2) is 0 Å². The summed E-state index contributed by atoms with van der Waals surface area (Å²) in [5.74, 6) is -0.106. The number of benzene rings is 1. The fourth-order valence-corrected chi connectivity index (χ4v) is 4.73. The number of carbonyl (C=O) groups excluding carboxylic acids is 2. The third kappa shape index (κ3) is 3.28. The van der Waals surface area contributed by atoms with E-state index in [1.807, 2.05) is 29.3 Å². The van der Waals surface area contributed by atoms with E-state index in [-0.39, 0.29) is 24.3 Å². The molecule has 7 heteroatoms. The number of nitrogens with one attached hydrogen (secondary N) is 2. The van der Waals surface area contributed by atoms with Crippen molar-refractivity contribution in [2.75, 3.05) is 11.9 Å². The Bertz CT molecular complexity index is 809. The molecule has 2 amide bonds. The number of H-pyrrole nitrogens is 1. The van der Waals surface area contributed by atoms with E-state index in [9.17, 15) is 9.59 Å². The van der Waals surface area contributed by atoms with Crippen LogP contribution >= 0.6 is 23.4 Å². The Kier molecular flexibility index (Phi) is 4.48. The molecule has 4 rings (SSSR count). The van der Waals surface area contributed by atoms with Crippen LogP contribution in [0.4, 0.5) is 5.69 Å². The third-order valence-corrected chi connectivity index (χ3v) is 6.19. The van der Waals surface area contributed by atoms with Crippen LogP contribution < -0.4 is 5.32 Å². The molecule has 1 aromatic heterocycles. The molecule has 2 aliphatic rings. The van der Waals surface area contributed by atoms with Gasteiger partial charge in [0.25, 0.3) is 0 Å². The largest absolute Gasteiger partial charge is 0.363 e. The van der Waals surface area contributed by atoms with Gasteiger partial charge in [0.1, 0.15) is 0 Å². The molecule has 130 valence electrons. The van der Waals surface area contributed by atoms with Crippen LogP contribution in [0.15, 0.2) is 41.4 Å². The number of fused-ring (bicyclic) bond motifs is 1. The predicted molar refractivity (Wildman–Crippen MR) is 98.8 cm³/mol. The molecule has 0 saturated carbocycles. The number of rotatable bonds is 3. The maximum Gasteiger partial charge on any atom is 0.238 e. The summed E-state index contributed by atoms with van der Waals surface area (Å²) in [4.78, 5) is 31.3. The van der Waals surface area contributed by atoms with E-state index in [0.717, 1.165) is 35.7 Å². The van der Waals surface area contributed by atoms with E-state index in [1.54, 1.807) is 12.1 Å². The SMILES string of the molecule is O=C1Nc2cc(Cl)ccc2S[C@@H]1CC(=O)N1CCC[C@H]1c1ccc[nH]1. The highest BCUT2D eigenvalue weighted by Gasteiger charge is 2.35. The molecule has 1 fully saturated rings. The zero-order chi connectivity index (χ0) is 17.4. The summed E-state index contributed by atoms with van der Waals surface area (Å²) in [5, 5.41) is 3.04. The Labute approximate surface area is 155 Å². The quantitative estimate of drug-likeness (QED) is 0.856. The third-order valence-electron chi connectivity index (χ3n) is 4.68. The maximum atomic E-state index is 12.8. The summed E-state index contributed by atoms with van der Waals surface area (Å²) in [6.07, 6.45) is 4.02. The number of aromatic amines is 1. The molecule has 0 unspecified atom stereocenters. The maximum absolute atomic E-state index is 12.8. The number of carbonyl (C=O) groups is 2. The van der Waals surface area contributed by atoms with E-state index < -0.39 is 5.25 Å². The monoisotopic (exact) mass is 375 g/mol. The predicted octanol–water partition coefficient (Wildman–Crippen LogP) is 3.83. The first kappa shape index (κ1) is 16.5. The Morgan fingerprint density at radius 2 is 2.24 bits per heavy atom. The number of likely N-dealkylation sites (tertiary alicyclic amines) is 1. The zero-order valence-electron chi connectivity index (χ0n) is 13.5. The number of hydrogen-bond acceptors (Lipinski definition) is 3. The molecule has 2 N–H and O–H groups in total. The molecule has 5 nitrogen and oxygen atoms in total. The molecule has 0 radical (unpaired) electrons. The van der Waals surface area contributed by atoms with Crippen molar-refractivity contribution >= 4 is 40.9 Å². The smallest absolute Gasteiger partial charge is 0.238 e. The van der Waals surface area contributed by atoms with Crippen molar-refractivity contribution in [3.05, 3.63) is 47.2 Å². The molecule has 2 aliphatic heterocycles. The summed E-state index contributed by atoms with van der Waals surface area (Å²) in [6.45, 7) is 0.744. The molecule has 3 heterocycles. The molecule has 0 bridgehead atoms. The Morgan fingerprint density at radius 3 is 3.04 bits per heavy atom. The van der Waals surface area contributed by atoms with Crippen LogP contribution in [-0.4, -0.2) is 33.5 Å². The van der Waals surface area contributed by atoms with Gasteiger partial charge in [-0.15, -0.1) is 11.8 Å². The van der Waals surface area contributed by atoms with Gasteiger partial charge < -0.3 is 15.2 Å². The first-order chi connectivity index (χ1) is 12.1. The molecule has 2 aromatic rings. The fourth-order valence-electron chi connectivity index (χ4n) is 3.47. The number of amides is 2. The highest BCUT2D eigenvalue weighted by Crippen LogP contribution is 2.39. The molecule has 0 aliphatic carbocycles. The fraction of sp³-hybridized carbons (Fsp3) is 0.333. The normalized spacial score (nSPS) is 22.6. The van der Waals surface area contributed by atoms with Crippen molar-refractivity contribution in [3.63, 3.8) is 0 Å². The van der Waals surface area contributed by atoms with E-state index >= 15 is 0 Å². The number of aromatic nitrogens is 1. The number of halogens is 1. The van der Waals surface area contributed by atoms with Crippen LogP contribution in [0.5, 0.6) is 0 Å². The van der Waals surface area contributed by atoms with E-state index in [1.165, 1.54) is 11.8 Å². The lowest BCUT2D eigenvalue weighted by Crippen LogP contribution is -2.37. The Hall–Kier alpha value is -1.92. The van der Waals surface area contributed by atoms with Crippen LogP contribution in [0.3, 0.4) is 0 Å². The molecule has 1 saturated heterocycles. The first-order valence-corrected chi connectivity index (χ1v) is 9.57. The van der Waals surface area contributed by atoms with Crippen molar-refractivity contribution < 1.29 is 9.59 Å². The summed E-state index contributed by atoms with van der Waals surface area (Å²) in [7, 11) is 0. The van der Waals surface area contributed by atoms with Gasteiger partial charge in [-0.1, -0.05) is 11.6 Å². The second kappa shape index (κ2) is 6.77. The van der Waals surface area contributed by atoms with E-state index in [0.29, 0.717) is 5.02 Å². The molecule has 25 heavy (non-hydrogen) atoms. The minimum atomic E-state index is -0.411. The van der Waals surface area contributed by atoms with E-state index in [4.69, 9.17) is 11.6 Å². The van der Waals surface area contributed by atoms with Crippen molar-refractivity contribution in [3.8, 4) is 0 Å². The van der Waals surface area contributed by atoms with Gasteiger partial charge in [0.2, 0.25) is 11.8 Å². The minimum Gasteiger partial charge on any atom is -0.363 e. The second-order valence-corrected chi connectivity index (χ2v) is 7.99. The van der Waals surface area contributed by atoms with Crippen molar-refractivity contribution in [1.29, 1.82) is 0 Å².